The quantitative estimate of drug-likeness (QED) is 0.387. The second-order valence-electron chi connectivity index (χ2n) is 2.05. The fraction of sp³-hybridized carbons (Fsp3) is 0.125. The molecular weight excluding hydrogens is 121 g/mol. The van der Waals surface area contributed by atoms with Gasteiger partial charge in [0.05, 0.1) is 0 Å². The van der Waals surface area contributed by atoms with Crippen molar-refractivity contribution in [1.82, 2.24) is 0 Å². The van der Waals surface area contributed by atoms with Crippen LogP contribution in [0.1, 0.15) is 5.56 Å². The minimum atomic E-state index is 0.785. The van der Waals surface area contributed by atoms with Crippen LogP contribution >= 0.6 is 0 Å². The second-order valence-corrected chi connectivity index (χ2v) is 2.05. The molecule has 0 heterocycles. The molecule has 0 spiro atoms. The third-order valence-corrected chi connectivity index (χ3v) is 1.21. The van der Waals surface area contributed by atoms with Crippen LogP contribution < -0.4 is 5.46 Å². The molecule has 0 aliphatic carbocycles. The van der Waals surface area contributed by atoms with Gasteiger partial charge in [-0.25, -0.2) is 0 Å². The van der Waals surface area contributed by atoms with Crippen molar-refractivity contribution < 1.29 is 0 Å². The Hall–Kier alpha value is -1.05. The van der Waals surface area contributed by atoms with Crippen LogP contribution in [0.15, 0.2) is 29.3 Å². The van der Waals surface area contributed by atoms with Crippen molar-refractivity contribution in [1.29, 1.82) is 0 Å². The number of hydrogen-bond donors (Lipinski definition) is 0. The Kier molecular flexibility index (Phi) is 2.27. The zero-order chi connectivity index (χ0) is 7.40. The summed E-state index contributed by atoms with van der Waals surface area (Å²) in [4.78, 5) is 3.87. The van der Waals surface area contributed by atoms with E-state index in [1.54, 1.807) is 13.3 Å². The lowest BCUT2D eigenvalue weighted by molar-refractivity contribution is 1.46. The van der Waals surface area contributed by atoms with Gasteiger partial charge in [0, 0.05) is 13.3 Å². The fourth-order valence-electron chi connectivity index (χ4n) is 0.731. The topological polar surface area (TPSA) is 12.4 Å². The molecule has 0 bridgehead atoms. The molecule has 0 saturated carbocycles. The number of benzene rings is 1. The first-order valence-electron chi connectivity index (χ1n) is 3.10. The van der Waals surface area contributed by atoms with E-state index in [1.165, 1.54) is 0 Å². The second kappa shape index (κ2) is 3.21. The van der Waals surface area contributed by atoms with Gasteiger partial charge in [0.2, 0.25) is 0 Å². The molecule has 0 unspecified atom stereocenters. The van der Waals surface area contributed by atoms with Crippen molar-refractivity contribution in [3.05, 3.63) is 29.8 Å². The van der Waals surface area contributed by atoms with Crippen LogP contribution in [0.4, 0.5) is 0 Å². The normalized spacial score (nSPS) is 10.5. The summed E-state index contributed by atoms with van der Waals surface area (Å²) < 4.78 is 0. The van der Waals surface area contributed by atoms with Gasteiger partial charge in [0.1, 0.15) is 7.85 Å². The van der Waals surface area contributed by atoms with Gasteiger partial charge in [0.15, 0.2) is 0 Å². The minimum Gasteiger partial charge on any atom is -0.296 e. The van der Waals surface area contributed by atoms with Gasteiger partial charge in [-0.1, -0.05) is 29.7 Å². The van der Waals surface area contributed by atoms with E-state index in [9.17, 15) is 0 Å². The smallest absolute Gasteiger partial charge is 0.113 e. The summed E-state index contributed by atoms with van der Waals surface area (Å²) in [6.07, 6.45) is 1.79. The molecule has 1 aromatic carbocycles. The highest BCUT2D eigenvalue weighted by Gasteiger charge is 1.83. The van der Waals surface area contributed by atoms with Gasteiger partial charge >= 0.3 is 0 Å². The van der Waals surface area contributed by atoms with E-state index < -0.39 is 0 Å². The summed E-state index contributed by atoms with van der Waals surface area (Å²) in [6, 6.07) is 7.58. The molecule has 2 radical (unpaired) electrons. The molecule has 0 aromatic heterocycles. The van der Waals surface area contributed by atoms with Gasteiger partial charge in [-0.05, 0) is 5.56 Å². The highest BCUT2D eigenvalue weighted by molar-refractivity contribution is 6.32. The molecule has 48 valence electrons. The first kappa shape index (κ1) is 7.07. The Morgan fingerprint density at radius 1 is 1.30 bits per heavy atom. The lowest BCUT2D eigenvalue weighted by Gasteiger charge is -1.92. The van der Waals surface area contributed by atoms with Crippen LogP contribution in [-0.2, 0) is 0 Å². The first-order chi connectivity index (χ1) is 4.83. The summed E-state index contributed by atoms with van der Waals surface area (Å²) in [7, 11) is 7.22. The molecule has 0 aliphatic rings. The van der Waals surface area contributed by atoms with Crippen LogP contribution in [0, 0.1) is 0 Å². The third-order valence-electron chi connectivity index (χ3n) is 1.21. The molecule has 10 heavy (non-hydrogen) atoms. The molecule has 0 fully saturated rings. The molecule has 1 nitrogen and oxygen atoms in total. The highest BCUT2D eigenvalue weighted by Crippen LogP contribution is 1.90. The van der Waals surface area contributed by atoms with Crippen molar-refractivity contribution in [2.45, 2.75) is 0 Å². The SMILES string of the molecule is [B]c1ccc(C=NC)cc1. The fourth-order valence-corrected chi connectivity index (χ4v) is 0.731. The van der Waals surface area contributed by atoms with E-state index in [0.717, 1.165) is 11.0 Å². The standard InChI is InChI=1S/C8H8BN/c1-10-6-7-2-4-8(9)5-3-7/h2-6H,1H3. The lowest BCUT2D eigenvalue weighted by Crippen LogP contribution is -1.99. The summed E-state index contributed by atoms with van der Waals surface area (Å²) >= 11 is 0. The molecule has 0 amide bonds. The van der Waals surface area contributed by atoms with E-state index in [0.29, 0.717) is 0 Å². The summed E-state index contributed by atoms with van der Waals surface area (Å²) in [5.41, 5.74) is 1.87. The number of aliphatic imine (C=N–C) groups is 1. The zero-order valence-corrected chi connectivity index (χ0v) is 5.91. The number of nitrogens with zero attached hydrogens (tertiary/aromatic N) is 1. The Labute approximate surface area is 62.2 Å². The Balaban J connectivity index is 2.89. The Bertz CT molecular complexity index is 226. The van der Waals surface area contributed by atoms with Crippen LogP contribution in [-0.4, -0.2) is 21.1 Å². The van der Waals surface area contributed by atoms with Crippen LogP contribution in [0.5, 0.6) is 0 Å². The monoisotopic (exact) mass is 129 g/mol. The predicted octanol–water partition coefficient (Wildman–Crippen LogP) is 0.529. The largest absolute Gasteiger partial charge is 0.296 e. The summed E-state index contributed by atoms with van der Waals surface area (Å²) in [6.45, 7) is 0. The van der Waals surface area contributed by atoms with Crippen molar-refractivity contribution in [2.75, 3.05) is 7.05 Å². The van der Waals surface area contributed by atoms with Crippen molar-refractivity contribution in [2.24, 2.45) is 4.99 Å². The molecule has 0 atom stereocenters. The van der Waals surface area contributed by atoms with E-state index in [4.69, 9.17) is 7.85 Å². The zero-order valence-electron chi connectivity index (χ0n) is 5.91. The molecule has 0 N–H and O–H groups in total. The average molecular weight is 129 g/mol. The molecule has 0 aliphatic heterocycles. The predicted molar refractivity (Wildman–Crippen MR) is 45.3 cm³/mol. The molecular formula is C8H8BN. The van der Waals surface area contributed by atoms with E-state index in [1.807, 2.05) is 24.3 Å². The van der Waals surface area contributed by atoms with E-state index in [2.05, 4.69) is 4.99 Å². The van der Waals surface area contributed by atoms with Gasteiger partial charge in [-0.15, -0.1) is 0 Å². The average Bonchev–Trinajstić information content (AvgIpc) is 1.95. The lowest BCUT2D eigenvalue weighted by atomic mass is 9.96. The van der Waals surface area contributed by atoms with E-state index in [-0.39, 0.29) is 0 Å². The maximum atomic E-state index is 5.48. The Morgan fingerprint density at radius 2 is 1.90 bits per heavy atom. The molecule has 1 aromatic rings. The molecule has 0 saturated heterocycles. The number of rotatable bonds is 1. The van der Waals surface area contributed by atoms with Gasteiger partial charge in [0.25, 0.3) is 0 Å². The van der Waals surface area contributed by atoms with Crippen molar-refractivity contribution in [3.63, 3.8) is 0 Å². The third kappa shape index (κ3) is 1.73. The van der Waals surface area contributed by atoms with Crippen LogP contribution in [0.25, 0.3) is 0 Å². The minimum absolute atomic E-state index is 0.785. The van der Waals surface area contributed by atoms with Crippen LogP contribution in [0.3, 0.4) is 0 Å². The Morgan fingerprint density at radius 3 is 2.40 bits per heavy atom. The number of hydrogen-bond acceptors (Lipinski definition) is 1. The van der Waals surface area contributed by atoms with Crippen molar-refractivity contribution in [3.8, 4) is 0 Å². The van der Waals surface area contributed by atoms with Crippen molar-refractivity contribution >= 4 is 19.5 Å². The summed E-state index contributed by atoms with van der Waals surface area (Å²) in [5.74, 6) is 0. The highest BCUT2D eigenvalue weighted by atomic mass is 14.6. The maximum absolute atomic E-state index is 5.48. The van der Waals surface area contributed by atoms with Crippen LogP contribution in [0.2, 0.25) is 0 Å². The molecule has 2 heteroatoms. The summed E-state index contributed by atoms with van der Waals surface area (Å²) in [5, 5.41) is 0. The van der Waals surface area contributed by atoms with E-state index >= 15 is 0 Å². The van der Waals surface area contributed by atoms with Gasteiger partial charge in [-0.3, -0.25) is 4.99 Å². The van der Waals surface area contributed by atoms with Gasteiger partial charge in [-0.2, -0.15) is 0 Å². The van der Waals surface area contributed by atoms with Gasteiger partial charge < -0.3 is 0 Å². The molecule has 1 rings (SSSR count). The first-order valence-corrected chi connectivity index (χ1v) is 3.10. The maximum Gasteiger partial charge on any atom is 0.113 e.